The average molecular weight is 290 g/mol. The molecule has 22 heavy (non-hydrogen) atoms. The van der Waals surface area contributed by atoms with Crippen LogP contribution < -0.4 is 0 Å². The molecule has 2 nitrogen and oxygen atoms in total. The highest BCUT2D eigenvalue weighted by atomic mass is 15.0. The molecule has 0 unspecified atom stereocenters. The zero-order valence-electron chi connectivity index (χ0n) is 13.9. The fourth-order valence-electron chi connectivity index (χ4n) is 3.40. The van der Waals surface area contributed by atoms with Gasteiger partial charge in [0.1, 0.15) is 5.82 Å². The lowest BCUT2D eigenvalue weighted by Gasteiger charge is -2.19. The van der Waals surface area contributed by atoms with E-state index >= 15 is 0 Å². The second-order valence-corrected chi connectivity index (χ2v) is 6.06. The Balaban J connectivity index is 2.34. The first-order chi connectivity index (χ1) is 10.5. The molecule has 1 heterocycles. The summed E-state index contributed by atoms with van der Waals surface area (Å²) in [4.78, 5) is 4.56. The van der Waals surface area contributed by atoms with Gasteiger partial charge in [-0.15, -0.1) is 0 Å². The minimum Gasteiger partial charge on any atom is -0.334 e. The van der Waals surface area contributed by atoms with Crippen molar-refractivity contribution in [2.45, 2.75) is 27.7 Å². The van der Waals surface area contributed by atoms with Gasteiger partial charge >= 0.3 is 0 Å². The van der Waals surface area contributed by atoms with E-state index in [0.29, 0.717) is 0 Å². The zero-order chi connectivity index (χ0) is 15.9. The van der Waals surface area contributed by atoms with E-state index in [1.807, 2.05) is 12.4 Å². The summed E-state index contributed by atoms with van der Waals surface area (Å²) in [7, 11) is 2.05. The Hall–Kier alpha value is -2.35. The molecule has 0 spiro atoms. The highest BCUT2D eigenvalue weighted by Gasteiger charge is 2.17. The van der Waals surface area contributed by atoms with Crippen LogP contribution in [0.4, 0.5) is 0 Å². The monoisotopic (exact) mass is 290 g/mol. The van der Waals surface area contributed by atoms with E-state index in [1.54, 1.807) is 0 Å². The highest BCUT2D eigenvalue weighted by Crippen LogP contribution is 2.37. The van der Waals surface area contributed by atoms with E-state index in [1.165, 1.54) is 38.9 Å². The smallest absolute Gasteiger partial charge is 0.140 e. The van der Waals surface area contributed by atoms with E-state index in [9.17, 15) is 0 Å². The molecule has 0 saturated carbocycles. The maximum Gasteiger partial charge on any atom is 0.140 e. The third-order valence-electron chi connectivity index (χ3n) is 4.43. The number of hydrogen-bond acceptors (Lipinski definition) is 1. The van der Waals surface area contributed by atoms with Gasteiger partial charge in [-0.2, -0.15) is 0 Å². The van der Waals surface area contributed by atoms with E-state index in [4.69, 9.17) is 0 Å². The quantitative estimate of drug-likeness (QED) is 0.650. The Morgan fingerprint density at radius 2 is 1.55 bits per heavy atom. The van der Waals surface area contributed by atoms with Gasteiger partial charge in [0, 0.05) is 25.0 Å². The topological polar surface area (TPSA) is 17.8 Å². The Kier molecular flexibility index (Phi) is 3.61. The van der Waals surface area contributed by atoms with E-state index < -0.39 is 0 Å². The lowest BCUT2D eigenvalue weighted by atomic mass is 9.87. The lowest BCUT2D eigenvalue weighted by Crippen LogP contribution is -2.01. The van der Waals surface area contributed by atoms with Crippen molar-refractivity contribution in [1.82, 2.24) is 9.55 Å². The van der Waals surface area contributed by atoms with Gasteiger partial charge in [0.25, 0.3) is 0 Å². The van der Waals surface area contributed by atoms with Crippen LogP contribution >= 0.6 is 0 Å². The summed E-state index contributed by atoms with van der Waals surface area (Å²) in [5.41, 5.74) is 9.11. The standard InChI is InChI=1S/C20H22N2/c1-13-8-6-7-9-17(13)18-14(2)12-15(3)19(16(18)4)20-21-10-11-22(20)5/h6-12H,1-5H3. The summed E-state index contributed by atoms with van der Waals surface area (Å²) in [6, 6.07) is 10.9. The average Bonchev–Trinajstić information content (AvgIpc) is 2.87. The molecular formula is C20H22N2. The number of rotatable bonds is 2. The molecule has 3 aromatic rings. The Morgan fingerprint density at radius 1 is 0.864 bits per heavy atom. The summed E-state index contributed by atoms with van der Waals surface area (Å²) in [5, 5.41) is 0. The first-order valence-electron chi connectivity index (χ1n) is 7.65. The Labute approximate surface area is 132 Å². The Morgan fingerprint density at radius 3 is 2.18 bits per heavy atom. The van der Waals surface area contributed by atoms with Crippen LogP contribution in [0.25, 0.3) is 22.5 Å². The van der Waals surface area contributed by atoms with Gasteiger partial charge in [0.05, 0.1) is 0 Å². The third-order valence-corrected chi connectivity index (χ3v) is 4.43. The Bertz CT molecular complexity index is 841. The van der Waals surface area contributed by atoms with Crippen LogP contribution in [0, 0.1) is 27.7 Å². The minimum absolute atomic E-state index is 1.03. The van der Waals surface area contributed by atoms with Gasteiger partial charge in [-0.05, 0) is 61.1 Å². The van der Waals surface area contributed by atoms with Gasteiger partial charge < -0.3 is 4.57 Å². The molecule has 0 amide bonds. The SMILES string of the molecule is Cc1ccccc1-c1c(C)cc(C)c(-c2nccn2C)c1C. The summed E-state index contributed by atoms with van der Waals surface area (Å²) in [5.74, 6) is 1.03. The zero-order valence-corrected chi connectivity index (χ0v) is 13.9. The minimum atomic E-state index is 1.03. The summed E-state index contributed by atoms with van der Waals surface area (Å²) >= 11 is 0. The molecule has 112 valence electrons. The van der Waals surface area contributed by atoms with Gasteiger partial charge in [0.2, 0.25) is 0 Å². The van der Waals surface area contributed by atoms with Crippen LogP contribution in [0.5, 0.6) is 0 Å². The van der Waals surface area contributed by atoms with Gasteiger partial charge in [0.15, 0.2) is 0 Å². The summed E-state index contributed by atoms with van der Waals surface area (Å²) in [6.45, 7) is 8.76. The van der Waals surface area contributed by atoms with Crippen molar-refractivity contribution >= 4 is 0 Å². The van der Waals surface area contributed by atoms with Crippen LogP contribution in [0.1, 0.15) is 22.3 Å². The molecule has 0 aliphatic rings. The molecule has 0 saturated heterocycles. The molecule has 2 heteroatoms. The predicted molar refractivity (Wildman–Crippen MR) is 93.0 cm³/mol. The molecule has 0 bridgehead atoms. The molecule has 3 rings (SSSR count). The van der Waals surface area contributed by atoms with Crippen LogP contribution in [-0.4, -0.2) is 9.55 Å². The van der Waals surface area contributed by atoms with Crippen LogP contribution in [-0.2, 0) is 7.05 Å². The number of hydrogen-bond donors (Lipinski definition) is 0. The molecule has 1 aromatic heterocycles. The largest absolute Gasteiger partial charge is 0.334 e. The van der Waals surface area contributed by atoms with Crippen molar-refractivity contribution < 1.29 is 0 Å². The molecule has 0 aliphatic heterocycles. The van der Waals surface area contributed by atoms with Gasteiger partial charge in [-0.1, -0.05) is 30.3 Å². The number of aromatic nitrogens is 2. The third kappa shape index (κ3) is 2.25. The second kappa shape index (κ2) is 5.45. The number of imidazole rings is 1. The van der Waals surface area contributed by atoms with Crippen LogP contribution in [0.15, 0.2) is 42.7 Å². The van der Waals surface area contributed by atoms with Gasteiger partial charge in [-0.25, -0.2) is 4.98 Å². The first kappa shape index (κ1) is 14.6. The van der Waals surface area contributed by atoms with Crippen molar-refractivity contribution in [3.8, 4) is 22.5 Å². The van der Waals surface area contributed by atoms with Crippen molar-refractivity contribution in [2.75, 3.05) is 0 Å². The normalized spacial score (nSPS) is 11.0. The molecule has 0 atom stereocenters. The summed E-state index contributed by atoms with van der Waals surface area (Å²) < 4.78 is 2.09. The molecule has 0 radical (unpaired) electrons. The van der Waals surface area contributed by atoms with Crippen molar-refractivity contribution in [3.63, 3.8) is 0 Å². The maximum atomic E-state index is 4.56. The molecule has 0 N–H and O–H groups in total. The van der Waals surface area contributed by atoms with Crippen molar-refractivity contribution in [3.05, 3.63) is 65.0 Å². The van der Waals surface area contributed by atoms with E-state index in [0.717, 1.165) is 5.82 Å². The second-order valence-electron chi connectivity index (χ2n) is 6.06. The van der Waals surface area contributed by atoms with Crippen LogP contribution in [0.2, 0.25) is 0 Å². The molecule has 0 fully saturated rings. The lowest BCUT2D eigenvalue weighted by molar-refractivity contribution is 0.921. The van der Waals surface area contributed by atoms with Crippen LogP contribution in [0.3, 0.4) is 0 Å². The van der Waals surface area contributed by atoms with Crippen molar-refractivity contribution in [2.24, 2.45) is 7.05 Å². The number of benzene rings is 2. The van der Waals surface area contributed by atoms with E-state index in [-0.39, 0.29) is 0 Å². The summed E-state index contributed by atoms with van der Waals surface area (Å²) in [6.07, 6.45) is 3.86. The maximum absolute atomic E-state index is 4.56. The predicted octanol–water partition coefficient (Wildman–Crippen LogP) is 4.99. The van der Waals surface area contributed by atoms with E-state index in [2.05, 4.69) is 74.6 Å². The molecule has 2 aromatic carbocycles. The first-order valence-corrected chi connectivity index (χ1v) is 7.65. The fourth-order valence-corrected chi connectivity index (χ4v) is 3.40. The molecule has 0 aliphatic carbocycles. The van der Waals surface area contributed by atoms with Crippen molar-refractivity contribution in [1.29, 1.82) is 0 Å². The molecular weight excluding hydrogens is 268 g/mol. The number of aryl methyl sites for hydroxylation is 4. The number of nitrogens with zero attached hydrogens (tertiary/aromatic N) is 2. The van der Waals surface area contributed by atoms with Gasteiger partial charge in [-0.3, -0.25) is 0 Å². The fraction of sp³-hybridized carbons (Fsp3) is 0.250. The highest BCUT2D eigenvalue weighted by molar-refractivity contribution is 5.81.